The fraction of sp³-hybridized carbons (Fsp3) is 0.0714. The van der Waals surface area contributed by atoms with Gasteiger partial charge in [-0.05, 0) is 35.9 Å². The molecule has 0 fully saturated rings. The van der Waals surface area contributed by atoms with Gasteiger partial charge in [-0.2, -0.15) is 0 Å². The normalized spacial score (nSPS) is 10.3. The van der Waals surface area contributed by atoms with E-state index in [1.807, 2.05) is 0 Å². The van der Waals surface area contributed by atoms with Gasteiger partial charge in [0.1, 0.15) is 5.82 Å². The maximum Gasteiger partial charge on any atom is 0.167 e. The highest BCUT2D eigenvalue weighted by molar-refractivity contribution is 6.30. The smallest absolute Gasteiger partial charge is 0.167 e. The molecule has 0 aliphatic carbocycles. The van der Waals surface area contributed by atoms with Crippen molar-refractivity contribution in [2.24, 2.45) is 0 Å². The van der Waals surface area contributed by atoms with Crippen LogP contribution >= 0.6 is 11.6 Å². The molecule has 0 saturated heterocycles. The number of halogens is 2. The number of anilines is 1. The first kappa shape index (κ1) is 12.6. The summed E-state index contributed by atoms with van der Waals surface area (Å²) in [6, 6.07) is 10.8. The van der Waals surface area contributed by atoms with Crippen molar-refractivity contribution in [2.45, 2.75) is 6.42 Å². The van der Waals surface area contributed by atoms with Crippen LogP contribution in [0.2, 0.25) is 5.02 Å². The van der Waals surface area contributed by atoms with Crippen LogP contribution in [0, 0.1) is 5.82 Å². The number of carbonyl (C=O) groups excluding carboxylic acids is 1. The molecule has 0 aliphatic heterocycles. The van der Waals surface area contributed by atoms with Crippen LogP contribution < -0.4 is 5.73 Å². The highest BCUT2D eigenvalue weighted by Crippen LogP contribution is 2.17. The summed E-state index contributed by atoms with van der Waals surface area (Å²) in [6.07, 6.45) is -0.0319. The van der Waals surface area contributed by atoms with Crippen LogP contribution in [0.25, 0.3) is 0 Å². The van der Waals surface area contributed by atoms with Crippen LogP contribution in [0.15, 0.2) is 42.5 Å². The lowest BCUT2D eigenvalue weighted by molar-refractivity contribution is 0.0992. The first-order valence-electron chi connectivity index (χ1n) is 5.39. The van der Waals surface area contributed by atoms with Crippen LogP contribution in [-0.2, 0) is 6.42 Å². The third kappa shape index (κ3) is 2.87. The largest absolute Gasteiger partial charge is 0.399 e. The highest BCUT2D eigenvalue weighted by Gasteiger charge is 2.11. The van der Waals surface area contributed by atoms with Gasteiger partial charge >= 0.3 is 0 Å². The summed E-state index contributed by atoms with van der Waals surface area (Å²) in [5, 5.41) is 0.409. The third-order valence-electron chi connectivity index (χ3n) is 2.57. The summed E-state index contributed by atoms with van der Waals surface area (Å²) in [4.78, 5) is 12.0. The number of rotatable bonds is 3. The molecule has 2 rings (SSSR count). The molecule has 0 aliphatic rings. The Bertz CT molecular complexity index is 598. The zero-order valence-electron chi connectivity index (χ0n) is 9.49. The van der Waals surface area contributed by atoms with Crippen molar-refractivity contribution in [3.63, 3.8) is 0 Å². The van der Waals surface area contributed by atoms with Gasteiger partial charge in [-0.15, -0.1) is 0 Å². The summed E-state index contributed by atoms with van der Waals surface area (Å²) >= 11 is 5.77. The van der Waals surface area contributed by atoms with Crippen molar-refractivity contribution in [2.75, 3.05) is 5.73 Å². The van der Waals surface area contributed by atoms with Crippen LogP contribution in [-0.4, -0.2) is 5.78 Å². The lowest BCUT2D eigenvalue weighted by Gasteiger charge is -2.04. The summed E-state index contributed by atoms with van der Waals surface area (Å²) in [5.41, 5.74) is 6.86. The molecule has 2 aromatic carbocycles. The maximum absolute atomic E-state index is 13.5. The molecular weight excluding hydrogens is 253 g/mol. The second-order valence-electron chi connectivity index (χ2n) is 3.96. The van der Waals surface area contributed by atoms with Crippen LogP contribution in [0.4, 0.5) is 10.1 Å². The molecule has 0 atom stereocenters. The first-order valence-corrected chi connectivity index (χ1v) is 5.77. The first-order chi connectivity index (χ1) is 8.56. The lowest BCUT2D eigenvalue weighted by Crippen LogP contribution is -2.05. The zero-order valence-corrected chi connectivity index (χ0v) is 10.2. The zero-order chi connectivity index (χ0) is 13.1. The molecule has 2 N–H and O–H groups in total. The molecule has 4 heteroatoms. The Balaban J connectivity index is 2.24. The van der Waals surface area contributed by atoms with E-state index in [0.29, 0.717) is 16.3 Å². The summed E-state index contributed by atoms with van der Waals surface area (Å²) in [6.45, 7) is 0. The minimum absolute atomic E-state index is 0.0319. The van der Waals surface area contributed by atoms with E-state index in [1.54, 1.807) is 24.3 Å². The molecule has 0 spiro atoms. The molecule has 0 amide bonds. The van der Waals surface area contributed by atoms with Gasteiger partial charge in [0.05, 0.1) is 0 Å². The van der Waals surface area contributed by atoms with Crippen molar-refractivity contribution >= 4 is 23.1 Å². The molecule has 0 heterocycles. The van der Waals surface area contributed by atoms with Gasteiger partial charge in [-0.1, -0.05) is 23.7 Å². The van der Waals surface area contributed by atoms with E-state index < -0.39 is 5.82 Å². The minimum Gasteiger partial charge on any atom is -0.399 e. The Morgan fingerprint density at radius 2 is 2.00 bits per heavy atom. The van der Waals surface area contributed by atoms with Crippen LogP contribution in [0.1, 0.15) is 15.9 Å². The van der Waals surface area contributed by atoms with Gasteiger partial charge in [0, 0.05) is 22.7 Å². The van der Waals surface area contributed by atoms with E-state index in [0.717, 1.165) is 0 Å². The molecule has 0 aromatic heterocycles. The Morgan fingerprint density at radius 1 is 1.22 bits per heavy atom. The van der Waals surface area contributed by atoms with Crippen molar-refractivity contribution in [1.82, 2.24) is 0 Å². The van der Waals surface area contributed by atoms with E-state index in [4.69, 9.17) is 17.3 Å². The van der Waals surface area contributed by atoms with E-state index in [2.05, 4.69) is 0 Å². The number of benzene rings is 2. The quantitative estimate of drug-likeness (QED) is 0.680. The SMILES string of the molecule is Nc1cccc(C(=O)Cc2cc(Cl)ccc2F)c1. The highest BCUT2D eigenvalue weighted by atomic mass is 35.5. The summed E-state index contributed by atoms with van der Waals surface area (Å²) in [7, 11) is 0. The average Bonchev–Trinajstić information content (AvgIpc) is 2.34. The van der Waals surface area contributed by atoms with E-state index >= 15 is 0 Å². The average molecular weight is 264 g/mol. The lowest BCUT2D eigenvalue weighted by atomic mass is 10.0. The molecule has 0 saturated carbocycles. The Labute approximate surface area is 109 Å². The number of nitrogen functional groups attached to an aromatic ring is 1. The molecule has 92 valence electrons. The topological polar surface area (TPSA) is 43.1 Å². The van der Waals surface area contributed by atoms with Gasteiger partial charge in [0.15, 0.2) is 5.78 Å². The van der Waals surface area contributed by atoms with Gasteiger partial charge < -0.3 is 5.73 Å². The fourth-order valence-corrected chi connectivity index (χ4v) is 1.86. The van der Waals surface area contributed by atoms with E-state index in [1.165, 1.54) is 18.2 Å². The number of nitrogens with two attached hydrogens (primary N) is 1. The molecule has 18 heavy (non-hydrogen) atoms. The number of ketones is 1. The monoisotopic (exact) mass is 263 g/mol. The number of Topliss-reactive ketones (excluding diaryl/α,β-unsaturated/α-hetero) is 1. The Hall–Kier alpha value is -1.87. The number of carbonyl (C=O) groups is 1. The van der Waals surface area contributed by atoms with Gasteiger partial charge in [0.2, 0.25) is 0 Å². The predicted molar refractivity (Wildman–Crippen MR) is 70.3 cm³/mol. The van der Waals surface area contributed by atoms with Crippen LogP contribution in [0.5, 0.6) is 0 Å². The summed E-state index contributed by atoms with van der Waals surface area (Å²) in [5.74, 6) is -0.625. The van der Waals surface area contributed by atoms with E-state index in [9.17, 15) is 9.18 Å². The molecule has 0 unspecified atom stereocenters. The molecule has 0 bridgehead atoms. The van der Waals surface area contributed by atoms with Crippen molar-refractivity contribution < 1.29 is 9.18 Å². The minimum atomic E-state index is -0.434. The number of hydrogen-bond acceptors (Lipinski definition) is 2. The van der Waals surface area contributed by atoms with Crippen molar-refractivity contribution in [3.05, 3.63) is 64.4 Å². The molecular formula is C14H11ClFNO. The Morgan fingerprint density at radius 3 is 2.72 bits per heavy atom. The maximum atomic E-state index is 13.5. The Kier molecular flexibility index (Phi) is 3.63. The second-order valence-corrected chi connectivity index (χ2v) is 4.40. The van der Waals surface area contributed by atoms with Crippen molar-refractivity contribution in [1.29, 1.82) is 0 Å². The fourth-order valence-electron chi connectivity index (χ4n) is 1.67. The number of hydrogen-bond donors (Lipinski definition) is 1. The molecule has 2 aromatic rings. The van der Waals surface area contributed by atoms with Gasteiger partial charge in [-0.3, -0.25) is 4.79 Å². The van der Waals surface area contributed by atoms with Crippen LogP contribution in [0.3, 0.4) is 0 Å². The van der Waals surface area contributed by atoms with Gasteiger partial charge in [-0.25, -0.2) is 4.39 Å². The van der Waals surface area contributed by atoms with E-state index in [-0.39, 0.29) is 17.8 Å². The van der Waals surface area contributed by atoms with Crippen molar-refractivity contribution in [3.8, 4) is 0 Å². The third-order valence-corrected chi connectivity index (χ3v) is 2.80. The van der Waals surface area contributed by atoms with Gasteiger partial charge in [0.25, 0.3) is 0 Å². The molecule has 2 nitrogen and oxygen atoms in total. The second kappa shape index (κ2) is 5.19. The standard InChI is InChI=1S/C14H11ClFNO/c15-11-4-5-13(16)10(6-11)8-14(18)9-2-1-3-12(17)7-9/h1-7H,8,17H2. The molecule has 0 radical (unpaired) electrons. The predicted octanol–water partition coefficient (Wildman–Crippen LogP) is 3.49. The summed E-state index contributed by atoms with van der Waals surface area (Å²) < 4.78 is 13.5.